The number of benzene rings is 2. The molecule has 4 rings (SSSR count). The van der Waals surface area contributed by atoms with Crippen LogP contribution in [0.4, 0.5) is 0 Å². The molecule has 0 N–H and O–H groups in total. The van der Waals surface area contributed by atoms with Crippen molar-refractivity contribution in [3.05, 3.63) is 86.1 Å². The predicted octanol–water partition coefficient (Wildman–Crippen LogP) is 7.22. The topological polar surface area (TPSA) is 61.4 Å². The molecule has 0 atom stereocenters. The number of ether oxygens (including phenoxy) is 1. The number of halogens is 1. The van der Waals surface area contributed by atoms with Crippen molar-refractivity contribution in [2.24, 2.45) is 10.5 Å². The van der Waals surface area contributed by atoms with Gasteiger partial charge in [0.05, 0.1) is 23.7 Å². The van der Waals surface area contributed by atoms with Gasteiger partial charge in [-0.05, 0) is 74.2 Å². The summed E-state index contributed by atoms with van der Waals surface area (Å²) >= 11 is 3.47. The Balaban J connectivity index is 1.67. The van der Waals surface area contributed by atoms with Gasteiger partial charge in [-0.25, -0.2) is 4.98 Å². The summed E-state index contributed by atoms with van der Waals surface area (Å²) in [6.45, 7) is 13.4. The van der Waals surface area contributed by atoms with Crippen LogP contribution in [0.1, 0.15) is 63.3 Å². The van der Waals surface area contributed by atoms with E-state index in [1.54, 1.807) is 12.3 Å². The Bertz CT molecular complexity index is 1490. The third-order valence-corrected chi connectivity index (χ3v) is 6.67. The van der Waals surface area contributed by atoms with E-state index >= 15 is 0 Å². The average Bonchev–Trinajstić information content (AvgIpc) is 3.14. The zero-order chi connectivity index (χ0) is 26.7. The van der Waals surface area contributed by atoms with Gasteiger partial charge in [0.25, 0.3) is 5.56 Å². The van der Waals surface area contributed by atoms with Gasteiger partial charge in [-0.1, -0.05) is 50.0 Å². The molecule has 0 fully saturated rings. The van der Waals surface area contributed by atoms with E-state index in [0.29, 0.717) is 29.8 Å². The van der Waals surface area contributed by atoms with Crippen LogP contribution in [0.15, 0.2) is 62.9 Å². The first-order valence-electron chi connectivity index (χ1n) is 12.7. The lowest BCUT2D eigenvalue weighted by atomic mass is 9.99. The van der Waals surface area contributed by atoms with Crippen molar-refractivity contribution in [2.45, 2.75) is 60.8 Å². The Labute approximate surface area is 227 Å². The van der Waals surface area contributed by atoms with Crippen molar-refractivity contribution >= 4 is 33.0 Å². The van der Waals surface area contributed by atoms with Crippen LogP contribution in [0.3, 0.4) is 0 Å². The molecule has 2 aromatic carbocycles. The first kappa shape index (κ1) is 26.9. The Morgan fingerprint density at radius 3 is 2.49 bits per heavy atom. The summed E-state index contributed by atoms with van der Waals surface area (Å²) < 4.78 is 10.4. The normalized spacial score (nSPS) is 12.1. The number of aromatic nitrogens is 3. The van der Waals surface area contributed by atoms with Gasteiger partial charge >= 0.3 is 0 Å². The highest BCUT2D eigenvalue weighted by Crippen LogP contribution is 2.24. The molecule has 194 valence electrons. The van der Waals surface area contributed by atoms with Crippen molar-refractivity contribution in [3.63, 3.8) is 0 Å². The highest BCUT2D eigenvalue weighted by Gasteiger charge is 2.14. The molecule has 6 nitrogen and oxygen atoms in total. The van der Waals surface area contributed by atoms with E-state index in [1.807, 2.05) is 24.3 Å². The third-order valence-electron chi connectivity index (χ3n) is 6.18. The van der Waals surface area contributed by atoms with Crippen LogP contribution in [0.25, 0.3) is 16.6 Å². The number of hydrogen-bond donors (Lipinski definition) is 0. The molecule has 0 saturated carbocycles. The maximum atomic E-state index is 13.4. The van der Waals surface area contributed by atoms with Gasteiger partial charge in [0.15, 0.2) is 0 Å². The van der Waals surface area contributed by atoms with E-state index in [2.05, 4.69) is 85.3 Å². The number of fused-ring (bicyclic) bond motifs is 1. The van der Waals surface area contributed by atoms with Gasteiger partial charge in [0.2, 0.25) is 0 Å². The van der Waals surface area contributed by atoms with E-state index in [-0.39, 0.29) is 11.0 Å². The lowest BCUT2D eigenvalue weighted by Crippen LogP contribution is -2.22. The van der Waals surface area contributed by atoms with Crippen LogP contribution in [0, 0.1) is 19.3 Å². The van der Waals surface area contributed by atoms with Crippen molar-refractivity contribution in [1.29, 1.82) is 0 Å². The number of unbranched alkanes of at least 4 members (excludes halogenated alkanes) is 1. The van der Waals surface area contributed by atoms with Gasteiger partial charge < -0.3 is 9.30 Å². The number of nitrogens with zero attached hydrogens (tertiary/aromatic N) is 4. The lowest BCUT2D eigenvalue weighted by Gasteiger charge is -2.19. The predicted molar refractivity (Wildman–Crippen MR) is 155 cm³/mol. The molecule has 2 heterocycles. The molecule has 0 radical (unpaired) electrons. The quantitative estimate of drug-likeness (QED) is 0.213. The van der Waals surface area contributed by atoms with E-state index in [9.17, 15) is 4.79 Å². The molecule has 0 saturated heterocycles. The summed E-state index contributed by atoms with van der Waals surface area (Å²) in [5.74, 6) is 1.54. The Hall–Kier alpha value is -3.19. The van der Waals surface area contributed by atoms with Crippen LogP contribution in [-0.2, 0) is 6.42 Å². The Kier molecular flexibility index (Phi) is 8.02. The minimum atomic E-state index is -0.159. The first-order valence-corrected chi connectivity index (χ1v) is 13.5. The minimum Gasteiger partial charge on any atom is -0.493 e. The average molecular weight is 564 g/mol. The van der Waals surface area contributed by atoms with Crippen LogP contribution in [0.5, 0.6) is 5.75 Å². The van der Waals surface area contributed by atoms with Crippen LogP contribution in [-0.4, -0.2) is 27.0 Å². The zero-order valence-electron chi connectivity index (χ0n) is 22.5. The fourth-order valence-electron chi connectivity index (χ4n) is 4.24. The fourth-order valence-corrected chi connectivity index (χ4v) is 4.60. The van der Waals surface area contributed by atoms with Gasteiger partial charge in [0.1, 0.15) is 11.6 Å². The number of aryl methyl sites for hydroxylation is 2. The minimum absolute atomic E-state index is 0.107. The van der Waals surface area contributed by atoms with Crippen molar-refractivity contribution < 1.29 is 4.74 Å². The fraction of sp³-hybridized carbons (Fsp3) is 0.367. The highest BCUT2D eigenvalue weighted by molar-refractivity contribution is 9.10. The molecule has 0 spiro atoms. The Morgan fingerprint density at radius 2 is 1.81 bits per heavy atom. The lowest BCUT2D eigenvalue weighted by molar-refractivity contribution is 0.198. The summed E-state index contributed by atoms with van der Waals surface area (Å²) in [5, 5.41) is 5.19. The zero-order valence-corrected chi connectivity index (χ0v) is 24.1. The molecule has 37 heavy (non-hydrogen) atoms. The molecule has 4 aromatic rings. The largest absolute Gasteiger partial charge is 0.493 e. The summed E-state index contributed by atoms with van der Waals surface area (Å²) in [6.07, 6.45) is 4.41. The van der Waals surface area contributed by atoms with Gasteiger partial charge in [-0.15, -0.1) is 0 Å². The van der Waals surface area contributed by atoms with E-state index in [1.165, 1.54) is 4.68 Å². The molecule has 0 bridgehead atoms. The molecule has 0 aliphatic heterocycles. The van der Waals surface area contributed by atoms with E-state index in [0.717, 1.165) is 45.7 Å². The third kappa shape index (κ3) is 6.21. The molecule has 0 unspecified atom stereocenters. The molecule has 0 aliphatic rings. The summed E-state index contributed by atoms with van der Waals surface area (Å²) in [4.78, 5) is 18.2. The molecular formula is C30H35BrN4O2. The number of hydrogen-bond acceptors (Lipinski definition) is 4. The maximum absolute atomic E-state index is 13.4. The standard InChI is InChI=1S/C30H35BrN4O2/c1-7-8-9-28-33-27-15-10-23(31)17-26(27)29(36)35(28)32-18-22-16-20(2)34(21(22)3)24-11-13-25(14-12-24)37-19-30(4,5)6/h10-18H,7-9,19H2,1-6H3. The van der Waals surface area contributed by atoms with Crippen LogP contribution in [0.2, 0.25) is 0 Å². The summed E-state index contributed by atoms with van der Waals surface area (Å²) in [5.41, 5.74) is 4.78. The van der Waals surface area contributed by atoms with E-state index in [4.69, 9.17) is 9.72 Å². The molecular weight excluding hydrogens is 528 g/mol. The summed E-state index contributed by atoms with van der Waals surface area (Å²) in [6, 6.07) is 15.8. The first-order chi connectivity index (χ1) is 17.6. The van der Waals surface area contributed by atoms with Crippen LogP contribution >= 0.6 is 15.9 Å². The monoisotopic (exact) mass is 562 g/mol. The Morgan fingerprint density at radius 1 is 1.08 bits per heavy atom. The van der Waals surface area contributed by atoms with Gasteiger partial charge in [-0.3, -0.25) is 4.79 Å². The molecule has 0 aliphatic carbocycles. The van der Waals surface area contributed by atoms with Crippen molar-refractivity contribution in [1.82, 2.24) is 14.2 Å². The summed E-state index contributed by atoms with van der Waals surface area (Å²) in [7, 11) is 0. The van der Waals surface area contributed by atoms with E-state index < -0.39 is 0 Å². The van der Waals surface area contributed by atoms with Crippen LogP contribution < -0.4 is 10.3 Å². The van der Waals surface area contributed by atoms with Gasteiger partial charge in [0, 0.05) is 33.5 Å². The van der Waals surface area contributed by atoms with Gasteiger partial charge in [-0.2, -0.15) is 9.78 Å². The smallest absolute Gasteiger partial charge is 0.282 e. The second-order valence-electron chi connectivity index (χ2n) is 10.7. The van der Waals surface area contributed by atoms with Crippen molar-refractivity contribution in [3.8, 4) is 11.4 Å². The molecule has 0 amide bonds. The highest BCUT2D eigenvalue weighted by atomic mass is 79.9. The second kappa shape index (κ2) is 11.1. The number of rotatable bonds is 8. The second-order valence-corrected chi connectivity index (χ2v) is 11.6. The van der Waals surface area contributed by atoms with Crippen molar-refractivity contribution in [2.75, 3.05) is 6.61 Å². The molecule has 7 heteroatoms. The molecule has 2 aromatic heterocycles. The SMILES string of the molecule is CCCCc1nc2ccc(Br)cc2c(=O)n1N=Cc1cc(C)n(-c2ccc(OCC(C)(C)C)cc2)c1C. The maximum Gasteiger partial charge on any atom is 0.282 e.